The van der Waals surface area contributed by atoms with Gasteiger partial charge in [-0.1, -0.05) is 0 Å². The smallest absolute Gasteiger partial charge is 0.390 e. The van der Waals surface area contributed by atoms with Gasteiger partial charge in [-0.2, -0.15) is 13.2 Å². The first-order valence-electron chi connectivity index (χ1n) is 3.82. The van der Waals surface area contributed by atoms with Crippen molar-refractivity contribution < 1.29 is 17.6 Å². The van der Waals surface area contributed by atoms with Crippen LogP contribution in [0.15, 0.2) is 22.8 Å². The number of alkyl halides is 3. The van der Waals surface area contributed by atoms with Crippen LogP contribution < -0.4 is 5.73 Å². The van der Waals surface area contributed by atoms with E-state index in [1.165, 1.54) is 6.26 Å². The van der Waals surface area contributed by atoms with Crippen LogP contribution in [0.4, 0.5) is 13.2 Å². The highest BCUT2D eigenvalue weighted by Gasteiger charge is 2.30. The molecule has 0 aliphatic rings. The van der Waals surface area contributed by atoms with Crippen molar-refractivity contribution in [2.75, 3.05) is 0 Å². The molecule has 1 aromatic rings. The van der Waals surface area contributed by atoms with E-state index in [0.717, 1.165) is 0 Å². The quantitative estimate of drug-likeness (QED) is 0.798. The number of nitrogens with two attached hydrogens (primary N) is 1. The minimum Gasteiger partial charge on any atom is -0.469 e. The molecule has 0 fully saturated rings. The molecule has 0 aliphatic heterocycles. The summed E-state index contributed by atoms with van der Waals surface area (Å²) < 4.78 is 40.3. The second-order valence-corrected chi connectivity index (χ2v) is 2.86. The molecule has 1 atom stereocenters. The molecule has 0 spiro atoms. The largest absolute Gasteiger partial charge is 0.469 e. The van der Waals surface area contributed by atoms with Crippen LogP contribution in [0.25, 0.3) is 0 Å². The van der Waals surface area contributed by atoms with E-state index in [0.29, 0.717) is 5.76 Å². The Morgan fingerprint density at radius 1 is 1.46 bits per heavy atom. The first-order valence-corrected chi connectivity index (χ1v) is 3.82. The molecule has 0 saturated heterocycles. The van der Waals surface area contributed by atoms with E-state index in [4.69, 9.17) is 10.2 Å². The molecule has 5 heteroatoms. The van der Waals surface area contributed by atoms with Gasteiger partial charge in [0.1, 0.15) is 5.76 Å². The Kier molecular flexibility index (Phi) is 2.98. The van der Waals surface area contributed by atoms with Crippen molar-refractivity contribution in [2.24, 2.45) is 5.73 Å². The molecule has 1 rings (SSSR count). The lowest BCUT2D eigenvalue weighted by atomic mass is 10.1. The summed E-state index contributed by atoms with van der Waals surface area (Å²) in [7, 11) is 0. The summed E-state index contributed by atoms with van der Waals surface area (Å²) in [6, 6.07) is 2.30. The van der Waals surface area contributed by atoms with Gasteiger partial charge >= 0.3 is 6.18 Å². The van der Waals surface area contributed by atoms with Crippen LogP contribution in [0.2, 0.25) is 0 Å². The Bertz CT molecular complexity index is 242. The van der Waals surface area contributed by atoms with Crippen molar-refractivity contribution in [1.29, 1.82) is 0 Å². The maximum Gasteiger partial charge on any atom is 0.390 e. The molecule has 2 N–H and O–H groups in total. The molecule has 0 saturated carbocycles. The van der Waals surface area contributed by atoms with Gasteiger partial charge in [-0.25, -0.2) is 0 Å². The topological polar surface area (TPSA) is 39.2 Å². The monoisotopic (exact) mass is 193 g/mol. The molecule has 0 unspecified atom stereocenters. The maximum atomic E-state index is 11.8. The lowest BCUT2D eigenvalue weighted by Crippen LogP contribution is -2.29. The van der Waals surface area contributed by atoms with E-state index < -0.39 is 18.6 Å². The predicted octanol–water partition coefficient (Wildman–Crippen LogP) is 2.10. The molecular weight excluding hydrogens is 183 g/mol. The summed E-state index contributed by atoms with van der Waals surface area (Å²) in [5.41, 5.74) is 5.27. The lowest BCUT2D eigenvalue weighted by molar-refractivity contribution is -0.138. The minimum absolute atomic E-state index is 0.118. The fourth-order valence-corrected chi connectivity index (χ4v) is 1.06. The zero-order chi connectivity index (χ0) is 9.90. The van der Waals surface area contributed by atoms with Gasteiger partial charge in [-0.05, 0) is 12.1 Å². The van der Waals surface area contributed by atoms with Crippen LogP contribution in [-0.4, -0.2) is 12.2 Å². The van der Waals surface area contributed by atoms with Crippen molar-refractivity contribution in [3.8, 4) is 0 Å². The van der Waals surface area contributed by atoms with Crippen LogP contribution in [0, 0.1) is 0 Å². The molecule has 74 valence electrons. The second-order valence-electron chi connectivity index (χ2n) is 2.86. The fourth-order valence-electron chi connectivity index (χ4n) is 1.06. The van der Waals surface area contributed by atoms with Gasteiger partial charge in [0, 0.05) is 12.5 Å². The zero-order valence-electron chi connectivity index (χ0n) is 6.84. The van der Waals surface area contributed by atoms with E-state index in [2.05, 4.69) is 0 Å². The first-order chi connectivity index (χ1) is 5.97. The summed E-state index contributed by atoms with van der Waals surface area (Å²) >= 11 is 0. The molecular formula is C8H10F3NO. The van der Waals surface area contributed by atoms with Crippen LogP contribution >= 0.6 is 0 Å². The van der Waals surface area contributed by atoms with Crippen molar-refractivity contribution >= 4 is 0 Å². The van der Waals surface area contributed by atoms with Crippen LogP contribution in [0.5, 0.6) is 0 Å². The van der Waals surface area contributed by atoms with Crippen molar-refractivity contribution in [3.05, 3.63) is 24.2 Å². The molecule has 0 bridgehead atoms. The standard InChI is InChI=1S/C8H10F3NO/c9-8(10,11)5-6(12)4-7-2-1-3-13-7/h1-3,6H,4-5,12H2/t6-/m1/s1. The molecule has 0 amide bonds. The number of halogens is 3. The van der Waals surface area contributed by atoms with Gasteiger partial charge < -0.3 is 10.2 Å². The average molecular weight is 193 g/mol. The van der Waals surface area contributed by atoms with Crippen molar-refractivity contribution in [1.82, 2.24) is 0 Å². The molecule has 1 aromatic heterocycles. The second kappa shape index (κ2) is 3.83. The third kappa shape index (κ3) is 3.98. The molecule has 13 heavy (non-hydrogen) atoms. The van der Waals surface area contributed by atoms with E-state index in [1.54, 1.807) is 12.1 Å². The summed E-state index contributed by atoms with van der Waals surface area (Å²) in [6.45, 7) is 0. The van der Waals surface area contributed by atoms with Crippen LogP contribution in [-0.2, 0) is 6.42 Å². The number of hydrogen-bond acceptors (Lipinski definition) is 2. The van der Waals surface area contributed by atoms with E-state index >= 15 is 0 Å². The first kappa shape index (κ1) is 10.1. The van der Waals surface area contributed by atoms with Gasteiger partial charge in [-0.3, -0.25) is 0 Å². The predicted molar refractivity (Wildman–Crippen MR) is 41.1 cm³/mol. The van der Waals surface area contributed by atoms with Gasteiger partial charge in [-0.15, -0.1) is 0 Å². The van der Waals surface area contributed by atoms with Crippen molar-refractivity contribution in [3.63, 3.8) is 0 Å². The summed E-state index contributed by atoms with van der Waals surface area (Å²) in [4.78, 5) is 0. The lowest BCUT2D eigenvalue weighted by Gasteiger charge is -2.12. The van der Waals surface area contributed by atoms with Gasteiger partial charge in [0.05, 0.1) is 12.7 Å². The maximum absolute atomic E-state index is 11.8. The SMILES string of the molecule is N[C@H](Cc1ccco1)CC(F)(F)F. The number of furan rings is 1. The molecule has 1 heterocycles. The van der Waals surface area contributed by atoms with Crippen molar-refractivity contribution in [2.45, 2.75) is 25.1 Å². The zero-order valence-corrected chi connectivity index (χ0v) is 6.84. The molecule has 2 nitrogen and oxygen atoms in total. The Morgan fingerprint density at radius 3 is 2.62 bits per heavy atom. The summed E-state index contributed by atoms with van der Waals surface area (Å²) in [5, 5.41) is 0. The molecule has 0 radical (unpaired) electrons. The Hall–Kier alpha value is -0.970. The van der Waals surface area contributed by atoms with E-state index in [9.17, 15) is 13.2 Å². The van der Waals surface area contributed by atoms with E-state index in [-0.39, 0.29) is 6.42 Å². The van der Waals surface area contributed by atoms with Crippen LogP contribution in [0.3, 0.4) is 0 Å². The highest BCUT2D eigenvalue weighted by atomic mass is 19.4. The van der Waals surface area contributed by atoms with Crippen LogP contribution in [0.1, 0.15) is 12.2 Å². The number of rotatable bonds is 3. The number of hydrogen-bond donors (Lipinski definition) is 1. The van der Waals surface area contributed by atoms with E-state index in [1.807, 2.05) is 0 Å². The molecule has 0 aliphatic carbocycles. The fraction of sp³-hybridized carbons (Fsp3) is 0.500. The highest BCUT2D eigenvalue weighted by Crippen LogP contribution is 2.22. The Labute approximate surface area is 73.5 Å². The third-order valence-corrected chi connectivity index (χ3v) is 1.54. The van der Waals surface area contributed by atoms with Gasteiger partial charge in [0.25, 0.3) is 0 Å². The highest BCUT2D eigenvalue weighted by molar-refractivity contribution is 5.00. The Balaban J connectivity index is 2.38. The summed E-state index contributed by atoms with van der Waals surface area (Å²) in [5.74, 6) is 0.483. The van der Waals surface area contributed by atoms with Gasteiger partial charge in [0.2, 0.25) is 0 Å². The normalized spacial score (nSPS) is 14.5. The third-order valence-electron chi connectivity index (χ3n) is 1.54. The molecule has 0 aromatic carbocycles. The average Bonchev–Trinajstić information content (AvgIpc) is 2.34. The Morgan fingerprint density at radius 2 is 2.15 bits per heavy atom. The van der Waals surface area contributed by atoms with Gasteiger partial charge in [0.15, 0.2) is 0 Å². The minimum atomic E-state index is -4.20. The summed E-state index contributed by atoms with van der Waals surface area (Å²) in [6.07, 6.45) is -3.65.